The van der Waals surface area contributed by atoms with Crippen LogP contribution in [0.3, 0.4) is 0 Å². The number of ketones is 1. The summed E-state index contributed by atoms with van der Waals surface area (Å²) in [5.41, 5.74) is 6.55. The van der Waals surface area contributed by atoms with Crippen LogP contribution in [-0.4, -0.2) is 77.3 Å². The summed E-state index contributed by atoms with van der Waals surface area (Å²) in [5, 5.41) is 10.3. The number of aromatic nitrogens is 3. The summed E-state index contributed by atoms with van der Waals surface area (Å²) in [4.78, 5) is 51.2. The van der Waals surface area contributed by atoms with E-state index in [1.165, 1.54) is 11.3 Å². The van der Waals surface area contributed by atoms with Crippen LogP contribution in [0.2, 0.25) is 0 Å². The maximum absolute atomic E-state index is 14.2. The summed E-state index contributed by atoms with van der Waals surface area (Å²) in [6.45, 7) is 10.6. The standard InChI is InChI=1S/C42H53N5O6S/c1-6-47-35-15-14-27-19-29(35)30(39(47)28-11-8-16-43-38(28)25(2)51-5)21-42(3,4)24-53-41(50)32-13-7-12-31(44-32)40(49)33(20-37-46-34(27)23-54-37)45-36(48)18-26-10-9-17-52-22-26/h8,11,14-16,19,23,25-26,31-33,44H,6-7,9-10,12-13,17-18,20-22,24H2,1-5H3,(H,45,48)/t25-,26?,31?,32-,33-/m0/s1. The van der Waals surface area contributed by atoms with Gasteiger partial charge in [-0.25, -0.2) is 4.98 Å². The number of esters is 1. The molecule has 0 aliphatic carbocycles. The molecule has 2 N–H and O–H groups in total. The summed E-state index contributed by atoms with van der Waals surface area (Å²) in [6.07, 6.45) is 6.51. The van der Waals surface area contributed by atoms with Crippen molar-refractivity contribution in [2.45, 2.75) is 110 Å². The van der Waals surface area contributed by atoms with Crippen LogP contribution < -0.4 is 10.6 Å². The first-order chi connectivity index (χ1) is 26.0. The van der Waals surface area contributed by atoms with Gasteiger partial charge in [-0.05, 0) is 88.1 Å². The topological polar surface area (TPSA) is 134 Å². The molecule has 2 saturated heterocycles. The van der Waals surface area contributed by atoms with Gasteiger partial charge in [0.1, 0.15) is 6.04 Å². The zero-order valence-electron chi connectivity index (χ0n) is 32.1. The average Bonchev–Trinajstić information content (AvgIpc) is 3.77. The van der Waals surface area contributed by atoms with Gasteiger partial charge in [-0.2, -0.15) is 0 Å². The fraction of sp³-hybridized carbons (Fsp3) is 0.548. The molecular formula is C42H53N5O6S. The molecule has 0 radical (unpaired) electrons. The Morgan fingerprint density at radius 1 is 1.17 bits per heavy atom. The molecule has 5 atom stereocenters. The molecule has 0 saturated carbocycles. The summed E-state index contributed by atoms with van der Waals surface area (Å²) < 4.78 is 19.8. The Morgan fingerprint density at radius 3 is 2.78 bits per heavy atom. The van der Waals surface area contributed by atoms with Gasteiger partial charge in [0.05, 0.1) is 46.9 Å². The molecule has 1 amide bonds. The number of nitrogens with one attached hydrogen (secondary N) is 2. The van der Waals surface area contributed by atoms with Crippen molar-refractivity contribution in [3.63, 3.8) is 0 Å². The predicted molar refractivity (Wildman–Crippen MR) is 209 cm³/mol. The number of pyridine rings is 1. The smallest absolute Gasteiger partial charge is 0.323 e. The van der Waals surface area contributed by atoms with Crippen molar-refractivity contribution < 1.29 is 28.6 Å². The van der Waals surface area contributed by atoms with Crippen molar-refractivity contribution in [1.82, 2.24) is 25.2 Å². The minimum absolute atomic E-state index is 0.129. The van der Waals surface area contributed by atoms with Gasteiger partial charge in [-0.3, -0.25) is 24.7 Å². The van der Waals surface area contributed by atoms with Crippen LogP contribution in [0.25, 0.3) is 33.4 Å². The number of aryl methyl sites for hydroxylation is 1. The molecule has 2 fully saturated rings. The Balaban J connectivity index is 1.31. The fourth-order valence-electron chi connectivity index (χ4n) is 8.36. The van der Waals surface area contributed by atoms with Crippen molar-refractivity contribution in [2.75, 3.05) is 26.9 Å². The number of carbonyl (C=O) groups excluding carboxylic acids is 3. The Morgan fingerprint density at radius 2 is 2.00 bits per heavy atom. The quantitative estimate of drug-likeness (QED) is 0.200. The molecule has 11 nitrogen and oxygen atoms in total. The maximum Gasteiger partial charge on any atom is 0.323 e. The minimum atomic E-state index is -0.788. The number of hydrogen-bond donors (Lipinski definition) is 2. The molecule has 7 rings (SSSR count). The molecular weight excluding hydrogens is 703 g/mol. The number of benzene rings is 1. The molecule has 12 heteroatoms. The van der Waals surface area contributed by atoms with Crippen molar-refractivity contribution in [3.8, 4) is 22.5 Å². The first kappa shape index (κ1) is 38.3. The van der Waals surface area contributed by atoms with Crippen LogP contribution in [-0.2, 0) is 48.0 Å². The van der Waals surface area contributed by atoms with E-state index in [-0.39, 0.29) is 42.7 Å². The lowest BCUT2D eigenvalue weighted by Gasteiger charge is -2.32. The second-order valence-corrected chi connectivity index (χ2v) is 16.9. The van der Waals surface area contributed by atoms with E-state index in [0.29, 0.717) is 38.7 Å². The molecule has 6 heterocycles. The highest BCUT2D eigenvalue weighted by atomic mass is 32.1. The van der Waals surface area contributed by atoms with Crippen LogP contribution >= 0.6 is 11.3 Å². The number of amides is 1. The van der Waals surface area contributed by atoms with E-state index < -0.39 is 23.5 Å². The van der Waals surface area contributed by atoms with Crippen molar-refractivity contribution in [2.24, 2.45) is 11.3 Å². The number of fused-ring (bicyclic) bond motifs is 6. The van der Waals surface area contributed by atoms with Crippen LogP contribution in [0.1, 0.15) is 88.6 Å². The number of Topliss-reactive ketones (excluding diaryl/α,β-unsaturated/α-hetero) is 1. The van der Waals surface area contributed by atoms with Gasteiger partial charge in [-0.1, -0.05) is 19.9 Å². The molecule has 2 unspecified atom stereocenters. The van der Waals surface area contributed by atoms with Gasteiger partial charge < -0.3 is 24.1 Å². The Bertz CT molecular complexity index is 2000. The number of thiazole rings is 1. The number of nitrogens with zero attached hydrogens (tertiary/aromatic N) is 3. The third-order valence-electron chi connectivity index (χ3n) is 11.2. The van der Waals surface area contributed by atoms with E-state index in [1.54, 1.807) is 7.11 Å². The molecule has 0 spiro atoms. The Kier molecular flexibility index (Phi) is 11.6. The average molecular weight is 756 g/mol. The van der Waals surface area contributed by atoms with E-state index in [0.717, 1.165) is 75.7 Å². The lowest BCUT2D eigenvalue weighted by atomic mass is 9.84. The number of rotatable bonds is 7. The second kappa shape index (κ2) is 16.4. The van der Waals surface area contributed by atoms with Gasteiger partial charge in [0.2, 0.25) is 5.91 Å². The summed E-state index contributed by atoms with van der Waals surface area (Å²) >= 11 is 1.50. The number of methoxy groups -OCH3 is 1. The number of carbonyl (C=O) groups is 3. The van der Waals surface area contributed by atoms with Crippen LogP contribution in [0.15, 0.2) is 41.9 Å². The molecule has 3 aliphatic rings. The first-order valence-corrected chi connectivity index (χ1v) is 20.3. The SMILES string of the molecule is CCn1c(-c2cccnc2[C@H](C)OC)c2c3cc(ccc31)-c1csc(n1)C[C@H](NC(=O)CC1CCCOC1)C(=O)C1CCC[C@H](N1)C(=O)OCC(C)(C)C2. The van der Waals surface area contributed by atoms with E-state index in [2.05, 4.69) is 60.2 Å². The number of piperidine rings is 1. The van der Waals surface area contributed by atoms with E-state index in [9.17, 15) is 14.4 Å². The highest BCUT2D eigenvalue weighted by molar-refractivity contribution is 7.10. The second-order valence-electron chi connectivity index (χ2n) is 15.9. The molecule has 6 bridgehead atoms. The summed E-state index contributed by atoms with van der Waals surface area (Å²) in [5.74, 6) is -0.517. The van der Waals surface area contributed by atoms with E-state index in [4.69, 9.17) is 24.2 Å². The predicted octanol–water partition coefficient (Wildman–Crippen LogP) is 6.60. The monoisotopic (exact) mass is 755 g/mol. The van der Waals surface area contributed by atoms with Crippen molar-refractivity contribution in [3.05, 3.63) is 58.2 Å². The number of ether oxygens (including phenoxy) is 3. The maximum atomic E-state index is 14.2. The highest BCUT2D eigenvalue weighted by Gasteiger charge is 2.37. The minimum Gasteiger partial charge on any atom is -0.464 e. The molecule has 54 heavy (non-hydrogen) atoms. The zero-order valence-corrected chi connectivity index (χ0v) is 32.9. The number of cyclic esters (lactones) is 1. The molecule has 1 aromatic carbocycles. The van der Waals surface area contributed by atoms with Gasteiger partial charge in [0.15, 0.2) is 5.78 Å². The zero-order chi connectivity index (χ0) is 38.0. The Hall–Kier alpha value is -3.97. The fourth-order valence-corrected chi connectivity index (χ4v) is 9.21. The van der Waals surface area contributed by atoms with Gasteiger partial charge >= 0.3 is 5.97 Å². The molecule has 288 valence electrons. The Labute approximate surface area is 321 Å². The highest BCUT2D eigenvalue weighted by Crippen LogP contribution is 2.42. The van der Waals surface area contributed by atoms with Crippen LogP contribution in [0.4, 0.5) is 0 Å². The van der Waals surface area contributed by atoms with Crippen LogP contribution in [0.5, 0.6) is 0 Å². The van der Waals surface area contributed by atoms with Gasteiger partial charge in [0, 0.05) is 78.7 Å². The molecule has 3 aliphatic heterocycles. The molecule has 3 aromatic heterocycles. The van der Waals surface area contributed by atoms with Gasteiger partial charge in [0.25, 0.3) is 0 Å². The normalized spacial score (nSPS) is 24.1. The summed E-state index contributed by atoms with van der Waals surface area (Å²) in [7, 11) is 1.70. The first-order valence-electron chi connectivity index (χ1n) is 19.5. The van der Waals surface area contributed by atoms with Crippen LogP contribution in [0, 0.1) is 11.3 Å². The third kappa shape index (κ3) is 8.17. The lowest BCUT2D eigenvalue weighted by Crippen LogP contribution is -2.56. The van der Waals surface area contributed by atoms with Gasteiger partial charge in [-0.15, -0.1) is 11.3 Å². The van der Waals surface area contributed by atoms with Crippen molar-refractivity contribution in [1.29, 1.82) is 0 Å². The molecule has 4 aromatic rings. The van der Waals surface area contributed by atoms with Crippen molar-refractivity contribution >= 4 is 39.9 Å². The largest absolute Gasteiger partial charge is 0.464 e. The van der Waals surface area contributed by atoms with E-state index >= 15 is 0 Å². The third-order valence-corrected chi connectivity index (χ3v) is 12.1. The van der Waals surface area contributed by atoms with E-state index in [1.807, 2.05) is 24.6 Å². The lowest BCUT2D eigenvalue weighted by molar-refractivity contribution is -0.150. The number of hydrogen-bond acceptors (Lipinski definition) is 10. The summed E-state index contributed by atoms with van der Waals surface area (Å²) in [6, 6.07) is 8.58.